The monoisotopic (exact) mass is 657 g/mol. The molecule has 10 rings (SSSR count). The van der Waals surface area contributed by atoms with Gasteiger partial charge in [-0.15, -0.1) is 0 Å². The predicted molar refractivity (Wildman–Crippen MR) is 215 cm³/mol. The van der Waals surface area contributed by atoms with Crippen LogP contribution < -0.4 is 4.90 Å². The van der Waals surface area contributed by atoms with Gasteiger partial charge in [0, 0.05) is 55.9 Å². The Morgan fingerprint density at radius 3 is 2.00 bits per heavy atom. The molecule has 3 heteroatoms. The molecular formula is C48H35NO2. The first kappa shape index (κ1) is 29.6. The minimum Gasteiger partial charge on any atom is -0.456 e. The van der Waals surface area contributed by atoms with Crippen LogP contribution in [0.1, 0.15) is 26.3 Å². The molecule has 8 aromatic carbocycles. The Kier molecular flexibility index (Phi) is 6.44. The first-order valence-corrected chi connectivity index (χ1v) is 17.6. The summed E-state index contributed by atoms with van der Waals surface area (Å²) in [5.74, 6) is 0. The maximum atomic E-state index is 6.78. The van der Waals surface area contributed by atoms with Crippen LogP contribution in [0.15, 0.2) is 167 Å². The van der Waals surface area contributed by atoms with Crippen LogP contribution >= 0.6 is 0 Å². The molecule has 0 N–H and O–H groups in total. The summed E-state index contributed by atoms with van der Waals surface area (Å²) in [5.41, 5.74) is 10.1. The second kappa shape index (κ2) is 11.1. The van der Waals surface area contributed by atoms with E-state index in [0.717, 1.165) is 82.8 Å². The Labute approximate surface area is 296 Å². The van der Waals surface area contributed by atoms with Gasteiger partial charge in [0.25, 0.3) is 0 Å². The van der Waals surface area contributed by atoms with Crippen LogP contribution in [0.25, 0.3) is 76.5 Å². The lowest BCUT2D eigenvalue weighted by atomic mass is 9.86. The zero-order valence-corrected chi connectivity index (χ0v) is 28.8. The summed E-state index contributed by atoms with van der Waals surface area (Å²) >= 11 is 0. The second-order valence-corrected chi connectivity index (χ2v) is 14.5. The fraction of sp³-hybridized carbons (Fsp3) is 0.0833. The SMILES string of the molecule is CC(C)(C)c1cccc2c1oc1cc(N(c3ccccc3-c3ccccc3)c3cc4oc5ccc6ccccc6c5c4c4ccccc34)ccc12. The highest BCUT2D eigenvalue weighted by Gasteiger charge is 2.25. The molecule has 0 aliphatic rings. The highest BCUT2D eigenvalue weighted by atomic mass is 16.3. The molecule has 0 fully saturated rings. The van der Waals surface area contributed by atoms with E-state index in [-0.39, 0.29) is 5.41 Å². The molecule has 0 radical (unpaired) electrons. The third-order valence-electron chi connectivity index (χ3n) is 10.4. The highest BCUT2D eigenvalue weighted by molar-refractivity contribution is 6.28. The molecular weight excluding hydrogens is 623 g/mol. The summed E-state index contributed by atoms with van der Waals surface area (Å²) in [4.78, 5) is 2.38. The van der Waals surface area contributed by atoms with E-state index in [1.165, 1.54) is 16.3 Å². The summed E-state index contributed by atoms with van der Waals surface area (Å²) in [7, 11) is 0. The van der Waals surface area contributed by atoms with Crippen LogP contribution in [0.5, 0.6) is 0 Å². The zero-order chi connectivity index (χ0) is 34.3. The maximum absolute atomic E-state index is 6.78. The largest absolute Gasteiger partial charge is 0.456 e. The van der Waals surface area contributed by atoms with Gasteiger partial charge in [0.1, 0.15) is 22.3 Å². The van der Waals surface area contributed by atoms with E-state index >= 15 is 0 Å². The lowest BCUT2D eigenvalue weighted by molar-refractivity contribution is 0.573. The molecule has 0 aliphatic heterocycles. The van der Waals surface area contributed by atoms with E-state index in [1.807, 2.05) is 0 Å². The van der Waals surface area contributed by atoms with E-state index in [1.54, 1.807) is 0 Å². The Hall–Kier alpha value is -6.32. The smallest absolute Gasteiger partial charge is 0.139 e. The van der Waals surface area contributed by atoms with Crippen LogP contribution in [-0.4, -0.2) is 0 Å². The molecule has 0 atom stereocenters. The fourth-order valence-electron chi connectivity index (χ4n) is 8.02. The van der Waals surface area contributed by atoms with Gasteiger partial charge in [-0.2, -0.15) is 0 Å². The Balaban J connectivity index is 1.30. The highest BCUT2D eigenvalue weighted by Crippen LogP contribution is 2.49. The number of hydrogen-bond acceptors (Lipinski definition) is 3. The van der Waals surface area contributed by atoms with Gasteiger partial charge in [0.05, 0.1) is 11.4 Å². The van der Waals surface area contributed by atoms with Crippen molar-refractivity contribution in [1.29, 1.82) is 0 Å². The number of fused-ring (bicyclic) bond motifs is 10. The van der Waals surface area contributed by atoms with Crippen molar-refractivity contribution in [3.8, 4) is 11.1 Å². The molecule has 2 heterocycles. The van der Waals surface area contributed by atoms with Crippen molar-refractivity contribution in [2.24, 2.45) is 0 Å². The van der Waals surface area contributed by atoms with E-state index < -0.39 is 0 Å². The fourth-order valence-corrected chi connectivity index (χ4v) is 8.02. The van der Waals surface area contributed by atoms with Gasteiger partial charge in [0.15, 0.2) is 0 Å². The van der Waals surface area contributed by atoms with E-state index in [4.69, 9.17) is 8.83 Å². The van der Waals surface area contributed by atoms with Crippen molar-refractivity contribution < 1.29 is 8.83 Å². The van der Waals surface area contributed by atoms with Crippen LogP contribution in [0.2, 0.25) is 0 Å². The first-order chi connectivity index (χ1) is 24.9. The van der Waals surface area contributed by atoms with Gasteiger partial charge in [-0.05, 0) is 51.4 Å². The summed E-state index contributed by atoms with van der Waals surface area (Å²) in [6.45, 7) is 6.72. The maximum Gasteiger partial charge on any atom is 0.139 e. The Morgan fingerprint density at radius 1 is 0.451 bits per heavy atom. The van der Waals surface area contributed by atoms with Crippen LogP contribution in [0.4, 0.5) is 17.1 Å². The van der Waals surface area contributed by atoms with Gasteiger partial charge in [-0.25, -0.2) is 0 Å². The minimum absolute atomic E-state index is 0.0525. The van der Waals surface area contributed by atoms with Crippen molar-refractivity contribution >= 4 is 82.5 Å². The van der Waals surface area contributed by atoms with E-state index in [9.17, 15) is 0 Å². The molecule has 10 aromatic rings. The Morgan fingerprint density at radius 2 is 1.16 bits per heavy atom. The molecule has 0 saturated heterocycles. The van der Waals surface area contributed by atoms with Gasteiger partial charge >= 0.3 is 0 Å². The number of rotatable bonds is 4. The molecule has 0 bridgehead atoms. The summed E-state index contributed by atoms with van der Waals surface area (Å²) in [6, 6.07) is 56.2. The van der Waals surface area contributed by atoms with Gasteiger partial charge in [-0.3, -0.25) is 0 Å². The summed E-state index contributed by atoms with van der Waals surface area (Å²) in [6.07, 6.45) is 0. The third-order valence-corrected chi connectivity index (χ3v) is 10.4. The van der Waals surface area contributed by atoms with Crippen LogP contribution in [0.3, 0.4) is 0 Å². The normalized spacial score (nSPS) is 12.2. The molecule has 51 heavy (non-hydrogen) atoms. The molecule has 0 amide bonds. The van der Waals surface area contributed by atoms with Gasteiger partial charge in [-0.1, -0.05) is 142 Å². The molecule has 0 unspecified atom stereocenters. The lowest BCUT2D eigenvalue weighted by Gasteiger charge is -2.29. The number of benzene rings is 8. The van der Waals surface area contributed by atoms with Gasteiger partial charge < -0.3 is 13.7 Å². The lowest BCUT2D eigenvalue weighted by Crippen LogP contribution is -2.11. The molecule has 244 valence electrons. The average molecular weight is 658 g/mol. The van der Waals surface area contributed by atoms with Crippen LogP contribution in [-0.2, 0) is 5.41 Å². The van der Waals surface area contributed by atoms with Crippen molar-refractivity contribution in [2.75, 3.05) is 4.90 Å². The van der Waals surface area contributed by atoms with Crippen molar-refractivity contribution in [1.82, 2.24) is 0 Å². The van der Waals surface area contributed by atoms with E-state index in [0.29, 0.717) is 0 Å². The number of para-hydroxylation sites is 2. The average Bonchev–Trinajstić information content (AvgIpc) is 3.73. The third kappa shape index (κ3) is 4.58. The number of hydrogen-bond donors (Lipinski definition) is 0. The quantitative estimate of drug-likeness (QED) is 0.189. The number of anilines is 3. The second-order valence-electron chi connectivity index (χ2n) is 14.5. The Bertz CT molecular complexity index is 2960. The molecule has 3 nitrogen and oxygen atoms in total. The first-order valence-electron chi connectivity index (χ1n) is 17.6. The van der Waals surface area contributed by atoms with Crippen molar-refractivity contribution in [3.05, 3.63) is 163 Å². The standard InChI is InChI=1S/C48H35NO2/c1-48(2,3)39-22-13-21-38-36-26-25-32(28-43(36)51-47(38)39)49(40-23-12-11-17-33(40)30-14-5-4-6-15-30)41-29-44-46(37-20-10-9-19-35(37)41)45-34-18-8-7-16-31(34)24-27-42(45)50-44/h4-29H,1-3H3. The van der Waals surface area contributed by atoms with E-state index in [2.05, 4.69) is 183 Å². The summed E-state index contributed by atoms with van der Waals surface area (Å²) in [5, 5.41) is 9.24. The zero-order valence-electron chi connectivity index (χ0n) is 28.8. The minimum atomic E-state index is -0.0525. The molecule has 0 aliphatic carbocycles. The number of furan rings is 2. The molecule has 2 aromatic heterocycles. The van der Waals surface area contributed by atoms with Crippen molar-refractivity contribution in [2.45, 2.75) is 26.2 Å². The van der Waals surface area contributed by atoms with Crippen LogP contribution in [0, 0.1) is 0 Å². The summed E-state index contributed by atoms with van der Waals surface area (Å²) < 4.78 is 13.5. The molecule has 0 saturated carbocycles. The topological polar surface area (TPSA) is 29.5 Å². The predicted octanol–water partition coefficient (Wildman–Crippen LogP) is 14.2. The number of nitrogens with zero attached hydrogens (tertiary/aromatic N) is 1. The van der Waals surface area contributed by atoms with Crippen molar-refractivity contribution in [3.63, 3.8) is 0 Å². The van der Waals surface area contributed by atoms with Gasteiger partial charge in [0.2, 0.25) is 0 Å². The molecule has 0 spiro atoms.